The van der Waals surface area contributed by atoms with Crippen LogP contribution in [0.1, 0.15) is 12.0 Å². The van der Waals surface area contributed by atoms with Crippen molar-refractivity contribution >= 4 is 6.08 Å². The lowest BCUT2D eigenvalue weighted by molar-refractivity contribution is -0.224. The first-order valence-corrected chi connectivity index (χ1v) is 5.82. The summed E-state index contributed by atoms with van der Waals surface area (Å²) in [4.78, 5) is 13.0. The Kier molecular flexibility index (Phi) is 6.21. The number of carbonyl (C=O) groups excluding carboxylic acids is 1. The fourth-order valence-electron chi connectivity index (χ4n) is 1.49. The molecule has 0 amide bonds. The summed E-state index contributed by atoms with van der Waals surface area (Å²) in [7, 11) is 1.50. The summed E-state index contributed by atoms with van der Waals surface area (Å²) >= 11 is 0. The number of aliphatic imine (C=N–C) groups is 1. The van der Waals surface area contributed by atoms with Crippen molar-refractivity contribution in [3.05, 3.63) is 29.8 Å². The molecule has 0 aromatic heterocycles. The van der Waals surface area contributed by atoms with E-state index in [4.69, 9.17) is 9.47 Å². The number of alkyl halides is 3. The van der Waals surface area contributed by atoms with Crippen LogP contribution in [0.3, 0.4) is 0 Å². The van der Waals surface area contributed by atoms with Crippen LogP contribution in [0.5, 0.6) is 5.75 Å². The van der Waals surface area contributed by atoms with E-state index in [1.54, 1.807) is 24.3 Å². The molecule has 110 valence electrons. The van der Waals surface area contributed by atoms with Gasteiger partial charge in [0.1, 0.15) is 5.75 Å². The van der Waals surface area contributed by atoms with E-state index in [0.717, 1.165) is 0 Å². The standard InChI is InChI=1S/C13H14F3NO3/c1-19-11-4-2-10(3-5-11)8-20-12(13(14,15)16)6-7-17-9-18/h2-5,12H,6-8H2,1H3. The Balaban J connectivity index is 2.58. The minimum Gasteiger partial charge on any atom is -0.497 e. The van der Waals surface area contributed by atoms with Crippen LogP contribution < -0.4 is 4.74 Å². The van der Waals surface area contributed by atoms with Gasteiger partial charge in [-0.25, -0.2) is 9.79 Å². The van der Waals surface area contributed by atoms with Crippen LogP contribution in [0.4, 0.5) is 13.2 Å². The van der Waals surface area contributed by atoms with Gasteiger partial charge in [0.2, 0.25) is 6.08 Å². The topological polar surface area (TPSA) is 47.9 Å². The molecule has 0 bridgehead atoms. The Labute approximate surface area is 114 Å². The number of nitrogens with zero attached hydrogens (tertiary/aromatic N) is 1. The summed E-state index contributed by atoms with van der Waals surface area (Å²) in [6.45, 7) is -0.449. The number of hydrogen-bond donors (Lipinski definition) is 0. The van der Waals surface area contributed by atoms with Crippen LogP contribution in [0.15, 0.2) is 29.3 Å². The molecule has 20 heavy (non-hydrogen) atoms. The lowest BCUT2D eigenvalue weighted by Crippen LogP contribution is -2.32. The predicted molar refractivity (Wildman–Crippen MR) is 65.2 cm³/mol. The van der Waals surface area contributed by atoms with E-state index in [9.17, 15) is 18.0 Å². The monoisotopic (exact) mass is 289 g/mol. The Morgan fingerprint density at radius 3 is 2.45 bits per heavy atom. The highest BCUT2D eigenvalue weighted by molar-refractivity contribution is 5.32. The van der Waals surface area contributed by atoms with Crippen LogP contribution in [0.2, 0.25) is 0 Å². The first-order chi connectivity index (χ1) is 9.47. The third-order valence-electron chi connectivity index (χ3n) is 2.54. The Hall–Kier alpha value is -1.85. The molecular formula is C13H14F3NO3. The fourth-order valence-corrected chi connectivity index (χ4v) is 1.49. The van der Waals surface area contributed by atoms with Crippen molar-refractivity contribution in [1.29, 1.82) is 0 Å². The Morgan fingerprint density at radius 2 is 1.95 bits per heavy atom. The van der Waals surface area contributed by atoms with Crippen molar-refractivity contribution in [1.82, 2.24) is 0 Å². The van der Waals surface area contributed by atoms with Gasteiger partial charge in [0.15, 0.2) is 6.10 Å². The van der Waals surface area contributed by atoms with Crippen molar-refractivity contribution in [2.45, 2.75) is 25.3 Å². The quantitative estimate of drug-likeness (QED) is 0.573. The second-order valence-corrected chi connectivity index (χ2v) is 3.95. The van der Waals surface area contributed by atoms with Gasteiger partial charge in [0.05, 0.1) is 20.3 Å². The number of ether oxygens (including phenoxy) is 2. The maximum atomic E-state index is 12.7. The van der Waals surface area contributed by atoms with Crippen molar-refractivity contribution in [3.63, 3.8) is 0 Å². The summed E-state index contributed by atoms with van der Waals surface area (Å²) in [5.74, 6) is 0.612. The molecule has 0 spiro atoms. The highest BCUT2D eigenvalue weighted by Gasteiger charge is 2.40. The molecule has 1 atom stereocenters. The zero-order chi connectivity index (χ0) is 15.0. The summed E-state index contributed by atoms with van der Waals surface area (Å²) in [6, 6.07) is 6.52. The molecule has 1 aromatic rings. The number of isocyanates is 1. The van der Waals surface area contributed by atoms with Gasteiger partial charge in [-0.15, -0.1) is 0 Å². The van der Waals surface area contributed by atoms with E-state index in [1.165, 1.54) is 13.2 Å². The fraction of sp³-hybridized carbons (Fsp3) is 0.462. The van der Waals surface area contributed by atoms with Crippen LogP contribution in [0.25, 0.3) is 0 Å². The molecule has 0 N–H and O–H groups in total. The van der Waals surface area contributed by atoms with Gasteiger partial charge in [-0.1, -0.05) is 12.1 Å². The average Bonchev–Trinajstić information content (AvgIpc) is 2.42. The van der Waals surface area contributed by atoms with E-state index < -0.39 is 18.7 Å². The summed E-state index contributed by atoms with van der Waals surface area (Å²) in [5, 5.41) is 0. The van der Waals surface area contributed by atoms with Gasteiger partial charge < -0.3 is 9.47 Å². The summed E-state index contributed by atoms with van der Waals surface area (Å²) in [6.07, 6.45) is -5.66. The third-order valence-corrected chi connectivity index (χ3v) is 2.54. The largest absolute Gasteiger partial charge is 0.497 e. The molecule has 0 heterocycles. The molecule has 0 aliphatic rings. The van der Waals surface area contributed by atoms with Gasteiger partial charge in [0.25, 0.3) is 0 Å². The van der Waals surface area contributed by atoms with E-state index in [1.807, 2.05) is 0 Å². The van der Waals surface area contributed by atoms with Crippen molar-refractivity contribution in [2.75, 3.05) is 13.7 Å². The maximum absolute atomic E-state index is 12.7. The highest BCUT2D eigenvalue weighted by atomic mass is 19.4. The van der Waals surface area contributed by atoms with Crippen LogP contribution in [-0.4, -0.2) is 32.0 Å². The minimum atomic E-state index is -4.50. The number of rotatable bonds is 7. The van der Waals surface area contributed by atoms with Crippen LogP contribution in [-0.2, 0) is 16.1 Å². The smallest absolute Gasteiger partial charge is 0.414 e. The number of hydrogen-bond acceptors (Lipinski definition) is 4. The molecule has 0 fully saturated rings. The molecule has 1 aromatic carbocycles. The maximum Gasteiger partial charge on any atom is 0.414 e. The minimum absolute atomic E-state index is 0.182. The van der Waals surface area contributed by atoms with Crippen molar-refractivity contribution in [2.24, 2.45) is 4.99 Å². The molecule has 7 heteroatoms. The van der Waals surface area contributed by atoms with Crippen LogP contribution in [0, 0.1) is 0 Å². The van der Waals surface area contributed by atoms with E-state index in [2.05, 4.69) is 4.99 Å². The van der Waals surface area contributed by atoms with E-state index >= 15 is 0 Å². The molecular weight excluding hydrogens is 275 g/mol. The average molecular weight is 289 g/mol. The van der Waals surface area contributed by atoms with Gasteiger partial charge >= 0.3 is 6.18 Å². The molecule has 0 aliphatic heterocycles. The predicted octanol–water partition coefficient (Wildman–Crippen LogP) is 2.87. The molecule has 4 nitrogen and oxygen atoms in total. The van der Waals surface area contributed by atoms with Crippen molar-refractivity contribution in [3.8, 4) is 5.75 Å². The molecule has 0 saturated heterocycles. The molecule has 0 radical (unpaired) electrons. The summed E-state index contributed by atoms with van der Waals surface area (Å²) < 4.78 is 47.9. The van der Waals surface area contributed by atoms with Gasteiger partial charge in [0, 0.05) is 6.42 Å². The first-order valence-electron chi connectivity index (χ1n) is 5.82. The second-order valence-electron chi connectivity index (χ2n) is 3.95. The second kappa shape index (κ2) is 7.67. The SMILES string of the molecule is COc1ccc(COC(CCN=C=O)C(F)(F)F)cc1. The van der Waals surface area contributed by atoms with E-state index in [0.29, 0.717) is 11.3 Å². The first kappa shape index (κ1) is 16.2. The zero-order valence-corrected chi connectivity index (χ0v) is 10.8. The third kappa shape index (κ3) is 5.42. The number of methoxy groups -OCH3 is 1. The Morgan fingerprint density at radius 1 is 1.30 bits per heavy atom. The Bertz CT molecular complexity index is 453. The molecule has 1 rings (SSSR count). The normalized spacial score (nSPS) is 12.6. The zero-order valence-electron chi connectivity index (χ0n) is 10.8. The lowest BCUT2D eigenvalue weighted by Gasteiger charge is -2.20. The lowest BCUT2D eigenvalue weighted by atomic mass is 10.2. The molecule has 1 unspecified atom stereocenters. The summed E-state index contributed by atoms with van der Waals surface area (Å²) in [5.41, 5.74) is 0.596. The van der Waals surface area contributed by atoms with Crippen molar-refractivity contribution < 1.29 is 27.4 Å². The number of halogens is 3. The van der Waals surface area contributed by atoms with E-state index in [-0.39, 0.29) is 13.2 Å². The van der Waals surface area contributed by atoms with Crippen LogP contribution >= 0.6 is 0 Å². The van der Waals surface area contributed by atoms with Gasteiger partial charge in [-0.2, -0.15) is 13.2 Å². The van der Waals surface area contributed by atoms with Gasteiger partial charge in [-0.05, 0) is 17.7 Å². The molecule has 0 aliphatic carbocycles. The highest BCUT2D eigenvalue weighted by Crippen LogP contribution is 2.26. The number of benzene rings is 1. The van der Waals surface area contributed by atoms with Gasteiger partial charge in [-0.3, -0.25) is 0 Å². The molecule has 0 saturated carbocycles.